The van der Waals surface area contributed by atoms with E-state index in [0.717, 1.165) is 10.5 Å². The molecule has 2 aromatic carbocycles. The second-order valence-electron chi connectivity index (χ2n) is 6.58. The number of carbonyl (C=O) groups excluding carboxylic acids is 1. The molecule has 0 radical (unpaired) electrons. The van der Waals surface area contributed by atoms with Gasteiger partial charge in [0.05, 0.1) is 12.1 Å². The summed E-state index contributed by atoms with van der Waals surface area (Å²) in [5, 5.41) is 3.13. The minimum atomic E-state index is -1.19. The number of aryl methyl sites for hydroxylation is 1. The van der Waals surface area contributed by atoms with Crippen molar-refractivity contribution in [2.45, 2.75) is 35.6 Å². The fraction of sp³-hybridized carbons (Fsp3) is 0.250. The van der Waals surface area contributed by atoms with E-state index in [0.29, 0.717) is 17.6 Å². The second-order valence-corrected chi connectivity index (χ2v) is 8.25. The molecule has 0 amide bonds. The molecule has 3 nitrogen and oxygen atoms in total. The Morgan fingerprint density at radius 3 is 2.48 bits per heavy atom. The Bertz CT molecular complexity index is 832. The van der Waals surface area contributed by atoms with Gasteiger partial charge < -0.3 is 4.55 Å². The van der Waals surface area contributed by atoms with Crippen LogP contribution in [0.15, 0.2) is 59.5 Å². The zero-order valence-corrected chi connectivity index (χ0v) is 14.6. The number of Topliss-reactive ketones (excluding diaryl/α,β-unsaturated/α-hetero) is 1. The minimum absolute atomic E-state index is 0.00809. The highest BCUT2D eigenvalue weighted by molar-refractivity contribution is 7.92. The van der Waals surface area contributed by atoms with E-state index in [1.54, 1.807) is 12.1 Å². The van der Waals surface area contributed by atoms with Crippen LogP contribution in [0.4, 0.5) is 4.39 Å². The molecule has 25 heavy (non-hydrogen) atoms. The fourth-order valence-electron chi connectivity index (χ4n) is 3.51. The number of halogens is 1. The molecule has 2 aliphatic rings. The highest BCUT2D eigenvalue weighted by Gasteiger charge is 2.47. The number of hydrogen-bond acceptors (Lipinski definition) is 3. The summed E-state index contributed by atoms with van der Waals surface area (Å²) in [7, 11) is 0. The first-order valence-electron chi connectivity index (χ1n) is 8.28. The van der Waals surface area contributed by atoms with E-state index >= 15 is 0 Å². The summed E-state index contributed by atoms with van der Waals surface area (Å²) >= 11 is -1.19. The molecule has 0 spiro atoms. The van der Waals surface area contributed by atoms with Crippen LogP contribution in [0, 0.1) is 12.7 Å². The van der Waals surface area contributed by atoms with Crippen LogP contribution in [0.1, 0.15) is 17.5 Å². The molecule has 0 saturated carbocycles. The Morgan fingerprint density at radius 2 is 1.80 bits per heavy atom. The van der Waals surface area contributed by atoms with Gasteiger partial charge in [0, 0.05) is 12.0 Å². The molecule has 2 heterocycles. The first-order chi connectivity index (χ1) is 12.0. The number of ketones is 1. The van der Waals surface area contributed by atoms with Gasteiger partial charge in [0.15, 0.2) is 10.7 Å². The number of benzene rings is 2. The third-order valence-corrected chi connectivity index (χ3v) is 6.65. The van der Waals surface area contributed by atoms with Crippen molar-refractivity contribution >= 4 is 22.5 Å². The summed E-state index contributed by atoms with van der Waals surface area (Å²) in [6.45, 7) is 1.99. The van der Waals surface area contributed by atoms with Crippen LogP contribution in [0.3, 0.4) is 0 Å². The van der Waals surface area contributed by atoms with Gasteiger partial charge >= 0.3 is 0 Å². The van der Waals surface area contributed by atoms with E-state index < -0.39 is 11.2 Å². The number of rotatable bonds is 3. The summed E-state index contributed by atoms with van der Waals surface area (Å²) in [6, 6.07) is 13.2. The van der Waals surface area contributed by atoms with Crippen LogP contribution >= 0.6 is 0 Å². The van der Waals surface area contributed by atoms with Crippen molar-refractivity contribution in [3.05, 3.63) is 71.6 Å². The molecular weight excluding hydrogens is 337 g/mol. The molecule has 128 valence electrons. The van der Waals surface area contributed by atoms with Crippen molar-refractivity contribution in [2.24, 2.45) is 0 Å². The van der Waals surface area contributed by atoms with Gasteiger partial charge in [-0.1, -0.05) is 35.9 Å². The highest BCUT2D eigenvalue weighted by atomic mass is 32.2. The van der Waals surface area contributed by atoms with Gasteiger partial charge in [-0.25, -0.2) is 4.39 Å². The lowest BCUT2D eigenvalue weighted by molar-refractivity contribution is -0.115. The quantitative estimate of drug-likeness (QED) is 0.861. The SMILES string of the molecule is Cc1ccc([S+]([O-])[C@H]2C[C@@H]3N[C@H]2C=C(c2ccc(F)cc2)C3=O)cc1. The largest absolute Gasteiger partial charge is 0.611 e. The number of fused-ring (bicyclic) bond motifs is 2. The third kappa shape index (κ3) is 3.03. The van der Waals surface area contributed by atoms with Crippen molar-refractivity contribution in [1.29, 1.82) is 0 Å². The molecule has 1 N–H and O–H groups in total. The Kier molecular flexibility index (Phi) is 4.23. The standard InChI is InChI=1S/C20H18FNO2S/c1-12-2-8-15(9-3-12)25(24)19-11-18-20(23)16(10-17(19)22-18)13-4-6-14(21)7-5-13/h2-10,17-19,22H,11H2,1H3/t17-,18-,19-,25?/m0/s1. The third-order valence-electron chi connectivity index (χ3n) is 4.87. The van der Waals surface area contributed by atoms with Crippen LogP contribution in [0.25, 0.3) is 5.57 Å². The van der Waals surface area contributed by atoms with E-state index in [1.165, 1.54) is 12.1 Å². The van der Waals surface area contributed by atoms with Crippen LogP contribution in [0.2, 0.25) is 0 Å². The summed E-state index contributed by atoms with van der Waals surface area (Å²) in [5.74, 6) is -0.335. The van der Waals surface area contributed by atoms with Crippen LogP contribution in [-0.2, 0) is 16.0 Å². The van der Waals surface area contributed by atoms with E-state index in [2.05, 4.69) is 5.32 Å². The zero-order chi connectivity index (χ0) is 17.6. The van der Waals surface area contributed by atoms with Gasteiger partial charge in [0.25, 0.3) is 0 Å². The van der Waals surface area contributed by atoms with E-state index in [4.69, 9.17) is 0 Å². The smallest absolute Gasteiger partial charge is 0.180 e. The number of carbonyl (C=O) groups is 1. The summed E-state index contributed by atoms with van der Waals surface area (Å²) < 4.78 is 26.1. The molecule has 1 saturated heterocycles. The van der Waals surface area contributed by atoms with Crippen LogP contribution < -0.4 is 5.32 Å². The molecule has 5 heteroatoms. The first-order valence-corrected chi connectivity index (χ1v) is 9.49. The van der Waals surface area contributed by atoms with Crippen molar-refractivity contribution in [2.75, 3.05) is 0 Å². The van der Waals surface area contributed by atoms with Gasteiger partial charge in [0.2, 0.25) is 0 Å². The number of nitrogens with one attached hydrogen (secondary N) is 1. The Labute approximate surface area is 149 Å². The Hall–Kier alpha value is -1.95. The van der Waals surface area contributed by atoms with Crippen LogP contribution in [-0.4, -0.2) is 27.7 Å². The average Bonchev–Trinajstić information content (AvgIpc) is 2.98. The Morgan fingerprint density at radius 1 is 1.12 bits per heavy atom. The van der Waals surface area contributed by atoms with Crippen molar-refractivity contribution < 1.29 is 13.7 Å². The van der Waals surface area contributed by atoms with E-state index in [-0.39, 0.29) is 28.9 Å². The molecule has 2 bridgehead atoms. The summed E-state index contributed by atoms with van der Waals surface area (Å²) in [4.78, 5) is 13.5. The molecule has 1 unspecified atom stereocenters. The lowest BCUT2D eigenvalue weighted by Crippen LogP contribution is -2.41. The van der Waals surface area contributed by atoms with Gasteiger partial charge in [-0.3, -0.25) is 10.1 Å². The molecule has 0 aromatic heterocycles. The number of hydrogen-bond donors (Lipinski definition) is 1. The van der Waals surface area contributed by atoms with Crippen molar-refractivity contribution in [3.8, 4) is 0 Å². The van der Waals surface area contributed by atoms with Crippen LogP contribution in [0.5, 0.6) is 0 Å². The predicted molar refractivity (Wildman–Crippen MR) is 96.1 cm³/mol. The highest BCUT2D eigenvalue weighted by Crippen LogP contribution is 2.35. The zero-order valence-electron chi connectivity index (χ0n) is 13.7. The molecule has 0 aliphatic carbocycles. The van der Waals surface area contributed by atoms with Gasteiger partial charge in [-0.2, -0.15) is 0 Å². The van der Waals surface area contributed by atoms with E-state index in [1.807, 2.05) is 37.3 Å². The maximum Gasteiger partial charge on any atom is 0.180 e. The molecule has 2 aliphatic heterocycles. The predicted octanol–water partition coefficient (Wildman–Crippen LogP) is 3.01. The monoisotopic (exact) mass is 355 g/mol. The first kappa shape index (κ1) is 16.5. The van der Waals surface area contributed by atoms with Gasteiger partial charge in [-0.15, -0.1) is 0 Å². The van der Waals surface area contributed by atoms with Gasteiger partial charge in [-0.05, 0) is 47.9 Å². The molecule has 4 atom stereocenters. The summed E-state index contributed by atoms with van der Waals surface area (Å²) in [6.07, 6.45) is 2.40. The maximum absolute atomic E-state index is 13.1. The topological polar surface area (TPSA) is 52.2 Å². The van der Waals surface area contributed by atoms with Crippen molar-refractivity contribution in [1.82, 2.24) is 5.32 Å². The summed E-state index contributed by atoms with van der Waals surface area (Å²) in [5.41, 5.74) is 2.43. The normalized spacial score (nSPS) is 26.4. The lowest BCUT2D eigenvalue weighted by Gasteiger charge is -2.23. The lowest BCUT2D eigenvalue weighted by atomic mass is 9.95. The average molecular weight is 355 g/mol. The molecule has 4 rings (SSSR count). The molecular formula is C20H18FNO2S. The Balaban J connectivity index is 1.63. The minimum Gasteiger partial charge on any atom is -0.611 e. The fourth-order valence-corrected chi connectivity index (χ4v) is 5.05. The van der Waals surface area contributed by atoms with Gasteiger partial charge in [0.1, 0.15) is 11.1 Å². The molecule has 1 fully saturated rings. The maximum atomic E-state index is 13.1. The molecule has 2 aromatic rings. The second kappa shape index (κ2) is 6.41. The van der Waals surface area contributed by atoms with Crippen molar-refractivity contribution in [3.63, 3.8) is 0 Å². The van der Waals surface area contributed by atoms with E-state index in [9.17, 15) is 13.7 Å².